The third-order valence-corrected chi connectivity index (χ3v) is 7.38. The van der Waals surface area contributed by atoms with E-state index in [0.717, 1.165) is 31.0 Å². The number of nitrogens with one attached hydrogen (secondary N) is 1. The number of hydrogen-bond donors (Lipinski definition) is 1. The van der Waals surface area contributed by atoms with Crippen molar-refractivity contribution in [1.82, 2.24) is 13.6 Å². The molecule has 0 radical (unpaired) electrons. The van der Waals surface area contributed by atoms with E-state index in [1.807, 2.05) is 0 Å². The van der Waals surface area contributed by atoms with Crippen molar-refractivity contribution in [1.29, 1.82) is 0 Å². The lowest BCUT2D eigenvalue weighted by atomic mass is 10.1. The van der Waals surface area contributed by atoms with Crippen LogP contribution in [-0.2, 0) is 10.0 Å². The van der Waals surface area contributed by atoms with Gasteiger partial charge in [-0.25, -0.2) is 8.42 Å². The van der Waals surface area contributed by atoms with Gasteiger partial charge in [0, 0.05) is 13.1 Å². The summed E-state index contributed by atoms with van der Waals surface area (Å²) in [6, 6.07) is 7.48. The quantitative estimate of drug-likeness (QED) is 0.608. The van der Waals surface area contributed by atoms with Crippen molar-refractivity contribution in [3.05, 3.63) is 45.9 Å². The molecule has 1 aromatic heterocycles. The zero-order valence-corrected chi connectivity index (χ0v) is 18.2. The predicted octanol–water partition coefficient (Wildman–Crippen LogP) is 4.43. The number of carbonyl (C=O) groups excluding carboxylic acids is 1. The van der Waals surface area contributed by atoms with Crippen molar-refractivity contribution in [2.75, 3.05) is 17.8 Å². The highest BCUT2D eigenvalue weighted by atomic mass is 35.5. The van der Waals surface area contributed by atoms with Crippen molar-refractivity contribution in [3.8, 4) is 0 Å². The molecule has 152 valence electrons. The summed E-state index contributed by atoms with van der Waals surface area (Å²) in [6.07, 6.45) is 2.89. The maximum Gasteiger partial charge on any atom is 0.264 e. The number of sulfonamides is 1. The van der Waals surface area contributed by atoms with E-state index in [9.17, 15) is 13.2 Å². The molecule has 2 aromatic carbocycles. The minimum Gasteiger partial charge on any atom is -0.339 e. The minimum absolute atomic E-state index is 0.0220. The van der Waals surface area contributed by atoms with E-state index in [1.54, 1.807) is 17.0 Å². The van der Waals surface area contributed by atoms with Crippen LogP contribution in [0.4, 0.5) is 5.69 Å². The Morgan fingerprint density at radius 1 is 1.07 bits per heavy atom. The number of fused-ring (bicyclic) bond motifs is 1. The number of aromatic nitrogens is 2. The highest BCUT2D eigenvalue weighted by Crippen LogP contribution is 2.32. The van der Waals surface area contributed by atoms with Crippen LogP contribution in [0.15, 0.2) is 35.2 Å². The molecule has 0 saturated carbocycles. The lowest BCUT2D eigenvalue weighted by molar-refractivity contribution is 0.0725. The van der Waals surface area contributed by atoms with E-state index in [2.05, 4.69) is 13.5 Å². The molecule has 29 heavy (non-hydrogen) atoms. The molecule has 1 aliphatic heterocycles. The Labute approximate surface area is 182 Å². The van der Waals surface area contributed by atoms with Gasteiger partial charge >= 0.3 is 0 Å². The number of amides is 1. The summed E-state index contributed by atoms with van der Waals surface area (Å²) >= 11 is 13.2. The Hall–Kier alpha value is -1.94. The van der Waals surface area contributed by atoms with Gasteiger partial charge in [-0.2, -0.15) is 8.75 Å². The number of anilines is 1. The topological polar surface area (TPSA) is 92.3 Å². The van der Waals surface area contributed by atoms with Crippen LogP contribution < -0.4 is 4.72 Å². The van der Waals surface area contributed by atoms with Gasteiger partial charge in [0.1, 0.15) is 15.9 Å². The lowest BCUT2D eigenvalue weighted by Crippen LogP contribution is -2.36. The molecule has 1 saturated heterocycles. The van der Waals surface area contributed by atoms with Crippen LogP contribution in [0.1, 0.15) is 29.6 Å². The number of carbonyl (C=O) groups is 1. The summed E-state index contributed by atoms with van der Waals surface area (Å²) in [7, 11) is -4.04. The third-order valence-electron chi connectivity index (χ3n) is 4.72. The summed E-state index contributed by atoms with van der Waals surface area (Å²) in [5, 5.41) is 0.328. The molecule has 7 nitrogen and oxygen atoms in total. The first-order chi connectivity index (χ1) is 13.9. The van der Waals surface area contributed by atoms with Gasteiger partial charge in [0.25, 0.3) is 15.9 Å². The van der Waals surface area contributed by atoms with Gasteiger partial charge in [0.15, 0.2) is 0 Å². The number of halogens is 2. The monoisotopic (exact) mass is 470 g/mol. The normalized spacial score (nSPS) is 14.9. The largest absolute Gasteiger partial charge is 0.339 e. The zero-order chi connectivity index (χ0) is 20.6. The molecule has 1 amide bonds. The second-order valence-corrected chi connectivity index (χ2v) is 9.65. The molecule has 0 bridgehead atoms. The molecule has 0 atom stereocenters. The summed E-state index contributed by atoms with van der Waals surface area (Å²) in [5.41, 5.74) is 0.995. The van der Waals surface area contributed by atoms with E-state index in [4.69, 9.17) is 23.2 Å². The van der Waals surface area contributed by atoms with Crippen LogP contribution >= 0.6 is 34.9 Å². The first-order valence-electron chi connectivity index (χ1n) is 8.89. The first kappa shape index (κ1) is 20.3. The first-order valence-corrected chi connectivity index (χ1v) is 11.9. The van der Waals surface area contributed by atoms with E-state index >= 15 is 0 Å². The smallest absolute Gasteiger partial charge is 0.264 e. The van der Waals surface area contributed by atoms with Crippen molar-refractivity contribution in [2.45, 2.75) is 24.2 Å². The van der Waals surface area contributed by atoms with Crippen molar-refractivity contribution in [2.24, 2.45) is 0 Å². The fourth-order valence-corrected chi connectivity index (χ4v) is 5.44. The third kappa shape index (κ3) is 4.05. The number of benzene rings is 2. The van der Waals surface area contributed by atoms with Gasteiger partial charge in [-0.05, 0) is 43.5 Å². The molecule has 0 spiro atoms. The fraction of sp³-hybridized carbons (Fsp3) is 0.278. The molecule has 0 unspecified atom stereocenters. The molecule has 1 fully saturated rings. The van der Waals surface area contributed by atoms with Crippen LogP contribution in [0.25, 0.3) is 11.0 Å². The van der Waals surface area contributed by atoms with Gasteiger partial charge < -0.3 is 4.90 Å². The molecule has 11 heteroatoms. The van der Waals surface area contributed by atoms with Crippen LogP contribution in [0, 0.1) is 0 Å². The Morgan fingerprint density at radius 3 is 2.55 bits per heavy atom. The molecular formula is C18H16Cl2N4O3S2. The average Bonchev–Trinajstić information content (AvgIpc) is 3.19. The van der Waals surface area contributed by atoms with Gasteiger partial charge in [0.2, 0.25) is 0 Å². The Bertz CT molecular complexity index is 1190. The Balaban J connectivity index is 1.75. The fourth-order valence-electron chi connectivity index (χ4n) is 3.27. The second kappa shape index (κ2) is 8.06. The summed E-state index contributed by atoms with van der Waals surface area (Å²) in [5.74, 6) is -0.283. The van der Waals surface area contributed by atoms with Crippen LogP contribution in [0.5, 0.6) is 0 Å². The molecule has 3 aromatic rings. The maximum absolute atomic E-state index is 13.1. The van der Waals surface area contributed by atoms with Gasteiger partial charge in [-0.3, -0.25) is 9.52 Å². The summed E-state index contributed by atoms with van der Waals surface area (Å²) < 4.78 is 36.8. The van der Waals surface area contributed by atoms with E-state index in [0.29, 0.717) is 18.6 Å². The summed E-state index contributed by atoms with van der Waals surface area (Å²) in [6.45, 7) is 1.24. The lowest BCUT2D eigenvalue weighted by Gasteiger charge is -2.27. The summed E-state index contributed by atoms with van der Waals surface area (Å²) in [4.78, 5) is 14.7. The number of hydrogen-bond acceptors (Lipinski definition) is 6. The van der Waals surface area contributed by atoms with Crippen LogP contribution in [-0.4, -0.2) is 41.1 Å². The van der Waals surface area contributed by atoms with Gasteiger partial charge in [-0.15, -0.1) is 0 Å². The molecule has 2 heterocycles. The number of piperidine rings is 1. The van der Waals surface area contributed by atoms with Crippen molar-refractivity contribution >= 4 is 67.6 Å². The highest BCUT2D eigenvalue weighted by molar-refractivity contribution is 7.93. The minimum atomic E-state index is -4.04. The van der Waals surface area contributed by atoms with Crippen molar-refractivity contribution in [3.63, 3.8) is 0 Å². The molecular weight excluding hydrogens is 455 g/mol. The van der Waals surface area contributed by atoms with Crippen LogP contribution in [0.3, 0.4) is 0 Å². The Morgan fingerprint density at radius 2 is 1.79 bits per heavy atom. The number of rotatable bonds is 4. The van der Waals surface area contributed by atoms with E-state index < -0.39 is 10.0 Å². The standard InChI is InChI=1S/C18H16Cl2N4O3S2/c19-12-9-11(18(25)24-7-2-1-3-8-24)15(10-13(12)20)23-29(26,27)16-6-4-5-14-17(16)22-28-21-14/h4-6,9-10,23H,1-3,7-8H2. The molecule has 1 N–H and O–H groups in total. The number of likely N-dealkylation sites (tertiary alicyclic amines) is 1. The SMILES string of the molecule is O=C(c1cc(Cl)c(Cl)cc1NS(=O)(=O)c1cccc2nsnc12)N1CCCCC1. The second-order valence-electron chi connectivity index (χ2n) is 6.66. The predicted molar refractivity (Wildman–Crippen MR) is 114 cm³/mol. The van der Waals surface area contributed by atoms with Gasteiger partial charge in [-0.1, -0.05) is 29.3 Å². The average molecular weight is 471 g/mol. The number of nitrogens with zero attached hydrogens (tertiary/aromatic N) is 3. The highest BCUT2D eigenvalue weighted by Gasteiger charge is 2.26. The maximum atomic E-state index is 13.1. The van der Waals surface area contributed by atoms with E-state index in [-0.39, 0.29) is 37.6 Å². The van der Waals surface area contributed by atoms with Crippen molar-refractivity contribution < 1.29 is 13.2 Å². The zero-order valence-electron chi connectivity index (χ0n) is 15.1. The molecule has 4 rings (SSSR count). The van der Waals surface area contributed by atoms with Gasteiger partial charge in [0.05, 0.1) is 33.0 Å². The molecule has 1 aliphatic rings. The van der Waals surface area contributed by atoms with E-state index in [1.165, 1.54) is 18.2 Å². The van der Waals surface area contributed by atoms with Crippen LogP contribution in [0.2, 0.25) is 10.0 Å². The molecule has 0 aliphatic carbocycles. The Kier molecular flexibility index (Phi) is 5.65.